The Bertz CT molecular complexity index is 589. The normalized spacial score (nSPS) is 14.7. The fourth-order valence-electron chi connectivity index (χ4n) is 2.52. The van der Waals surface area contributed by atoms with E-state index in [9.17, 15) is 9.59 Å². The number of benzene rings is 1. The van der Waals surface area contributed by atoms with Crippen molar-refractivity contribution in [3.8, 4) is 6.07 Å². The van der Waals surface area contributed by atoms with Crippen LogP contribution in [0.3, 0.4) is 0 Å². The Morgan fingerprint density at radius 2 is 2.04 bits per heavy atom. The van der Waals surface area contributed by atoms with Gasteiger partial charge in [-0.3, -0.25) is 9.59 Å². The van der Waals surface area contributed by atoms with Crippen LogP contribution >= 0.6 is 0 Å². The van der Waals surface area contributed by atoms with Crippen molar-refractivity contribution in [1.29, 1.82) is 5.26 Å². The zero-order valence-electron chi connectivity index (χ0n) is 13.0. The maximum absolute atomic E-state index is 12.0. The van der Waals surface area contributed by atoms with Crippen molar-refractivity contribution in [1.82, 2.24) is 5.32 Å². The van der Waals surface area contributed by atoms with Crippen LogP contribution in [-0.4, -0.2) is 25.0 Å². The largest absolute Gasteiger partial charge is 0.381 e. The van der Waals surface area contributed by atoms with Gasteiger partial charge >= 0.3 is 0 Å². The molecule has 1 aromatic rings. The van der Waals surface area contributed by atoms with E-state index in [-0.39, 0.29) is 18.2 Å². The lowest BCUT2D eigenvalue weighted by molar-refractivity contribution is -0.122. The topological polar surface area (TPSA) is 91.2 Å². The van der Waals surface area contributed by atoms with Gasteiger partial charge in [0.25, 0.3) is 0 Å². The fraction of sp³-hybridized carbons (Fsp3) is 0.471. The van der Waals surface area contributed by atoms with Crippen LogP contribution in [0.1, 0.15) is 31.2 Å². The van der Waals surface area contributed by atoms with Gasteiger partial charge in [-0.15, -0.1) is 0 Å². The number of anilines is 1. The number of carbonyl (C=O) groups is 2. The number of ether oxygens (including phenoxy) is 1. The van der Waals surface area contributed by atoms with E-state index in [1.807, 2.05) is 12.1 Å². The second-order valence-corrected chi connectivity index (χ2v) is 5.62. The third-order valence-electron chi connectivity index (χ3n) is 3.75. The highest BCUT2D eigenvalue weighted by molar-refractivity contribution is 5.92. The van der Waals surface area contributed by atoms with E-state index in [2.05, 4.69) is 10.6 Å². The molecule has 0 radical (unpaired) electrons. The van der Waals surface area contributed by atoms with Crippen LogP contribution in [-0.2, 0) is 20.9 Å². The Balaban J connectivity index is 1.79. The average molecular weight is 315 g/mol. The summed E-state index contributed by atoms with van der Waals surface area (Å²) in [4.78, 5) is 23.4. The first kappa shape index (κ1) is 17.0. The SMILES string of the molecule is N#CCC(=O)Nc1cccc(CNC(=O)CC2CCOCC2)c1. The molecule has 0 aliphatic carbocycles. The second-order valence-electron chi connectivity index (χ2n) is 5.62. The Morgan fingerprint density at radius 3 is 2.78 bits per heavy atom. The number of nitrogens with one attached hydrogen (secondary N) is 2. The molecule has 0 atom stereocenters. The predicted octanol–water partition coefficient (Wildman–Crippen LogP) is 1.97. The van der Waals surface area contributed by atoms with Gasteiger partial charge in [0, 0.05) is 31.9 Å². The average Bonchev–Trinajstić information content (AvgIpc) is 2.54. The van der Waals surface area contributed by atoms with Crippen LogP contribution in [0, 0.1) is 17.2 Å². The highest BCUT2D eigenvalue weighted by atomic mass is 16.5. The van der Waals surface area contributed by atoms with Gasteiger partial charge in [-0.25, -0.2) is 0 Å². The molecule has 1 aliphatic heterocycles. The van der Waals surface area contributed by atoms with Gasteiger partial charge in [-0.1, -0.05) is 12.1 Å². The molecule has 0 unspecified atom stereocenters. The Hall–Kier alpha value is -2.39. The predicted molar refractivity (Wildman–Crippen MR) is 85.3 cm³/mol. The lowest BCUT2D eigenvalue weighted by atomic mass is 9.96. The maximum atomic E-state index is 12.0. The molecule has 1 heterocycles. The van der Waals surface area contributed by atoms with Crippen molar-refractivity contribution in [3.63, 3.8) is 0 Å². The molecule has 0 spiro atoms. The molecule has 1 fully saturated rings. The van der Waals surface area contributed by atoms with Crippen molar-refractivity contribution < 1.29 is 14.3 Å². The highest BCUT2D eigenvalue weighted by Crippen LogP contribution is 2.18. The summed E-state index contributed by atoms with van der Waals surface area (Å²) < 4.78 is 5.29. The molecule has 6 heteroatoms. The summed E-state index contributed by atoms with van der Waals surface area (Å²) in [7, 11) is 0. The molecule has 2 amide bonds. The second kappa shape index (κ2) is 8.91. The number of nitriles is 1. The van der Waals surface area contributed by atoms with E-state index in [0.29, 0.717) is 24.6 Å². The van der Waals surface area contributed by atoms with Gasteiger partial charge in [-0.05, 0) is 36.5 Å². The van der Waals surface area contributed by atoms with Gasteiger partial charge in [-0.2, -0.15) is 5.26 Å². The number of nitrogens with zero attached hydrogens (tertiary/aromatic N) is 1. The minimum absolute atomic E-state index is 0.0378. The van der Waals surface area contributed by atoms with Gasteiger partial charge in [0.05, 0.1) is 6.07 Å². The molecule has 0 aromatic heterocycles. The quantitative estimate of drug-likeness (QED) is 0.839. The molecule has 1 saturated heterocycles. The van der Waals surface area contributed by atoms with Crippen molar-refractivity contribution in [3.05, 3.63) is 29.8 Å². The molecule has 1 aromatic carbocycles. The van der Waals surface area contributed by atoms with Crippen molar-refractivity contribution in [2.45, 2.75) is 32.2 Å². The minimum atomic E-state index is -0.340. The maximum Gasteiger partial charge on any atom is 0.238 e. The van der Waals surface area contributed by atoms with Crippen molar-refractivity contribution >= 4 is 17.5 Å². The van der Waals surface area contributed by atoms with Crippen LogP contribution in [0.15, 0.2) is 24.3 Å². The number of carbonyl (C=O) groups excluding carboxylic acids is 2. The van der Waals surface area contributed by atoms with E-state index in [4.69, 9.17) is 10.00 Å². The van der Waals surface area contributed by atoms with Gasteiger partial charge < -0.3 is 15.4 Å². The summed E-state index contributed by atoms with van der Waals surface area (Å²) in [6.07, 6.45) is 2.23. The molecule has 1 aliphatic rings. The Kier molecular flexibility index (Phi) is 6.57. The lowest BCUT2D eigenvalue weighted by Gasteiger charge is -2.21. The zero-order valence-corrected chi connectivity index (χ0v) is 13.0. The van der Waals surface area contributed by atoms with Gasteiger partial charge in [0.15, 0.2) is 0 Å². The number of hydrogen-bond acceptors (Lipinski definition) is 4. The zero-order chi connectivity index (χ0) is 16.5. The first-order valence-corrected chi connectivity index (χ1v) is 7.77. The lowest BCUT2D eigenvalue weighted by Crippen LogP contribution is -2.27. The molecule has 23 heavy (non-hydrogen) atoms. The molecular formula is C17H21N3O3. The standard InChI is InChI=1S/C17H21N3O3/c18-7-4-16(21)20-15-3-1-2-14(10-15)12-19-17(22)11-13-5-8-23-9-6-13/h1-3,10,13H,4-6,8-9,11-12H2,(H,19,22)(H,20,21). The molecule has 0 saturated carbocycles. The van der Waals surface area contributed by atoms with E-state index in [0.717, 1.165) is 31.6 Å². The molecular weight excluding hydrogens is 294 g/mol. The molecule has 2 N–H and O–H groups in total. The third-order valence-corrected chi connectivity index (χ3v) is 3.75. The Morgan fingerprint density at radius 1 is 1.26 bits per heavy atom. The van der Waals surface area contributed by atoms with E-state index in [1.165, 1.54) is 0 Å². The Labute approximate surface area is 135 Å². The summed E-state index contributed by atoms with van der Waals surface area (Å²) in [5, 5.41) is 14.0. The van der Waals surface area contributed by atoms with Crippen molar-refractivity contribution in [2.75, 3.05) is 18.5 Å². The molecule has 2 rings (SSSR count). The summed E-state index contributed by atoms with van der Waals surface area (Å²) in [6.45, 7) is 1.90. The van der Waals surface area contributed by atoms with Gasteiger partial charge in [0.1, 0.15) is 6.42 Å². The summed E-state index contributed by atoms with van der Waals surface area (Å²) in [6, 6.07) is 9.04. The number of rotatable bonds is 6. The summed E-state index contributed by atoms with van der Waals surface area (Å²) >= 11 is 0. The molecule has 122 valence electrons. The van der Waals surface area contributed by atoms with Crippen LogP contribution < -0.4 is 10.6 Å². The first-order chi connectivity index (χ1) is 11.2. The van der Waals surface area contributed by atoms with Crippen LogP contribution in [0.2, 0.25) is 0 Å². The van der Waals surface area contributed by atoms with Crippen LogP contribution in [0.25, 0.3) is 0 Å². The summed E-state index contributed by atoms with van der Waals surface area (Å²) in [5.74, 6) is 0.101. The minimum Gasteiger partial charge on any atom is -0.381 e. The van der Waals surface area contributed by atoms with Crippen LogP contribution in [0.4, 0.5) is 5.69 Å². The molecule has 0 bridgehead atoms. The number of hydrogen-bond donors (Lipinski definition) is 2. The third kappa shape index (κ3) is 6.09. The first-order valence-electron chi connectivity index (χ1n) is 7.77. The monoisotopic (exact) mass is 315 g/mol. The fourth-order valence-corrected chi connectivity index (χ4v) is 2.52. The number of amides is 2. The van der Waals surface area contributed by atoms with Crippen LogP contribution in [0.5, 0.6) is 0 Å². The summed E-state index contributed by atoms with van der Waals surface area (Å²) in [5.41, 5.74) is 1.53. The van der Waals surface area contributed by atoms with Crippen molar-refractivity contribution in [2.24, 2.45) is 5.92 Å². The van der Waals surface area contributed by atoms with Gasteiger partial charge in [0.2, 0.25) is 11.8 Å². The smallest absolute Gasteiger partial charge is 0.238 e. The van der Waals surface area contributed by atoms with E-state index < -0.39 is 0 Å². The molecule has 6 nitrogen and oxygen atoms in total. The van der Waals surface area contributed by atoms with E-state index >= 15 is 0 Å². The van der Waals surface area contributed by atoms with E-state index in [1.54, 1.807) is 18.2 Å². The highest BCUT2D eigenvalue weighted by Gasteiger charge is 2.17.